The SMILES string of the molecule is Nc1ncc(-c2ccc(Cl)cc2)n1N=Cc1ccc(-c2ccccc2)o1. The second-order valence-corrected chi connectivity index (χ2v) is 6.07. The molecule has 0 saturated heterocycles. The van der Waals surface area contributed by atoms with Gasteiger partial charge in [0.25, 0.3) is 0 Å². The summed E-state index contributed by atoms with van der Waals surface area (Å²) in [5.41, 5.74) is 8.65. The summed E-state index contributed by atoms with van der Waals surface area (Å²) < 4.78 is 7.39. The quantitative estimate of drug-likeness (QED) is 0.523. The first kappa shape index (κ1) is 16.2. The van der Waals surface area contributed by atoms with E-state index in [1.165, 1.54) is 0 Å². The average Bonchev–Trinajstić information content (AvgIpc) is 3.28. The van der Waals surface area contributed by atoms with Crippen LogP contribution < -0.4 is 5.73 Å². The molecule has 0 fully saturated rings. The van der Waals surface area contributed by atoms with Crippen LogP contribution in [0.4, 0.5) is 5.95 Å². The van der Waals surface area contributed by atoms with Crippen molar-refractivity contribution < 1.29 is 4.42 Å². The first-order chi connectivity index (χ1) is 12.7. The Morgan fingerprint density at radius 1 is 0.962 bits per heavy atom. The minimum atomic E-state index is 0.293. The lowest BCUT2D eigenvalue weighted by Gasteiger charge is -2.03. The molecule has 2 aromatic heterocycles. The molecular weight excluding hydrogens is 348 g/mol. The molecule has 0 atom stereocenters. The van der Waals surface area contributed by atoms with Crippen molar-refractivity contribution in [1.82, 2.24) is 9.66 Å². The molecule has 128 valence electrons. The number of nitrogens with zero attached hydrogens (tertiary/aromatic N) is 3. The summed E-state index contributed by atoms with van der Waals surface area (Å²) in [5, 5.41) is 5.09. The molecule has 0 saturated carbocycles. The molecule has 0 unspecified atom stereocenters. The Kier molecular flexibility index (Phi) is 4.29. The van der Waals surface area contributed by atoms with Gasteiger partial charge in [-0.1, -0.05) is 54.1 Å². The van der Waals surface area contributed by atoms with E-state index in [1.807, 2.05) is 66.7 Å². The smallest absolute Gasteiger partial charge is 0.221 e. The first-order valence-corrected chi connectivity index (χ1v) is 8.37. The highest BCUT2D eigenvalue weighted by Crippen LogP contribution is 2.24. The third-order valence-corrected chi connectivity index (χ3v) is 4.14. The maximum Gasteiger partial charge on any atom is 0.221 e. The second kappa shape index (κ2) is 6.90. The molecule has 4 rings (SSSR count). The zero-order valence-electron chi connectivity index (χ0n) is 13.7. The minimum absolute atomic E-state index is 0.293. The van der Waals surface area contributed by atoms with E-state index in [9.17, 15) is 0 Å². The number of nitrogens with two attached hydrogens (primary N) is 1. The Bertz CT molecular complexity index is 1050. The number of aromatic nitrogens is 2. The molecule has 0 aliphatic heterocycles. The highest BCUT2D eigenvalue weighted by atomic mass is 35.5. The van der Waals surface area contributed by atoms with Gasteiger partial charge in [-0.15, -0.1) is 0 Å². The van der Waals surface area contributed by atoms with E-state index in [0.29, 0.717) is 16.7 Å². The van der Waals surface area contributed by atoms with Crippen molar-refractivity contribution in [2.75, 3.05) is 5.73 Å². The predicted octanol–water partition coefficient (Wildman–Crippen LogP) is 4.93. The molecule has 2 N–H and O–H groups in total. The molecule has 0 aliphatic carbocycles. The van der Waals surface area contributed by atoms with Crippen LogP contribution in [0.2, 0.25) is 5.02 Å². The van der Waals surface area contributed by atoms with Gasteiger partial charge in [-0.05, 0) is 24.3 Å². The van der Waals surface area contributed by atoms with Gasteiger partial charge in [0.1, 0.15) is 11.5 Å². The summed E-state index contributed by atoms with van der Waals surface area (Å²) in [4.78, 5) is 4.14. The Hall–Kier alpha value is -3.31. The molecule has 2 heterocycles. The number of halogens is 1. The summed E-state index contributed by atoms with van der Waals surface area (Å²) in [7, 11) is 0. The molecular formula is C20H15ClN4O. The first-order valence-electron chi connectivity index (χ1n) is 7.99. The monoisotopic (exact) mass is 362 g/mol. The van der Waals surface area contributed by atoms with Gasteiger partial charge < -0.3 is 10.2 Å². The number of furan rings is 1. The zero-order valence-corrected chi connectivity index (χ0v) is 14.5. The average molecular weight is 363 g/mol. The molecule has 6 heteroatoms. The van der Waals surface area contributed by atoms with Crippen LogP contribution in [0.15, 0.2) is 82.4 Å². The van der Waals surface area contributed by atoms with E-state index in [2.05, 4.69) is 10.1 Å². The van der Waals surface area contributed by atoms with Crippen LogP contribution in [-0.4, -0.2) is 15.9 Å². The molecule has 0 amide bonds. The fourth-order valence-corrected chi connectivity index (χ4v) is 2.72. The van der Waals surface area contributed by atoms with Gasteiger partial charge in [0, 0.05) is 16.1 Å². The molecule has 2 aromatic carbocycles. The Balaban J connectivity index is 1.63. The fraction of sp³-hybridized carbons (Fsp3) is 0. The van der Waals surface area contributed by atoms with Crippen LogP contribution >= 0.6 is 11.6 Å². The molecule has 0 aliphatic rings. The normalized spacial score (nSPS) is 11.3. The predicted molar refractivity (Wildman–Crippen MR) is 104 cm³/mol. The number of benzene rings is 2. The Morgan fingerprint density at radius 2 is 1.73 bits per heavy atom. The van der Waals surface area contributed by atoms with Crippen LogP contribution in [0, 0.1) is 0 Å². The van der Waals surface area contributed by atoms with Crippen molar-refractivity contribution in [2.45, 2.75) is 0 Å². The molecule has 0 radical (unpaired) electrons. The van der Waals surface area contributed by atoms with E-state index < -0.39 is 0 Å². The van der Waals surface area contributed by atoms with E-state index in [0.717, 1.165) is 22.6 Å². The van der Waals surface area contributed by atoms with Gasteiger partial charge in [0.2, 0.25) is 5.95 Å². The number of imidazole rings is 1. The van der Waals surface area contributed by atoms with Crippen LogP contribution in [0.1, 0.15) is 5.76 Å². The van der Waals surface area contributed by atoms with E-state index in [-0.39, 0.29) is 0 Å². The van der Waals surface area contributed by atoms with Crippen LogP contribution in [0.5, 0.6) is 0 Å². The Labute approximate surface area is 155 Å². The van der Waals surface area contributed by atoms with Crippen molar-refractivity contribution in [3.63, 3.8) is 0 Å². The number of nitrogen functional groups attached to an aromatic ring is 1. The molecule has 26 heavy (non-hydrogen) atoms. The third-order valence-electron chi connectivity index (χ3n) is 3.89. The van der Waals surface area contributed by atoms with Crippen molar-refractivity contribution in [3.05, 3.63) is 83.7 Å². The van der Waals surface area contributed by atoms with Gasteiger partial charge in [0.15, 0.2) is 0 Å². The Morgan fingerprint density at radius 3 is 2.50 bits per heavy atom. The van der Waals surface area contributed by atoms with Crippen molar-refractivity contribution in [2.24, 2.45) is 5.10 Å². The van der Waals surface area contributed by atoms with E-state index in [4.69, 9.17) is 21.8 Å². The maximum absolute atomic E-state index is 5.95. The number of hydrogen-bond acceptors (Lipinski definition) is 4. The minimum Gasteiger partial charge on any atom is -0.455 e. The van der Waals surface area contributed by atoms with Crippen molar-refractivity contribution in [1.29, 1.82) is 0 Å². The molecule has 0 spiro atoms. The summed E-state index contributed by atoms with van der Waals surface area (Å²) >= 11 is 5.95. The maximum atomic E-state index is 5.95. The summed E-state index contributed by atoms with van der Waals surface area (Å²) in [6.45, 7) is 0. The van der Waals surface area contributed by atoms with Gasteiger partial charge in [-0.25, -0.2) is 4.98 Å². The molecule has 0 bridgehead atoms. The summed E-state index contributed by atoms with van der Waals surface area (Å²) in [6.07, 6.45) is 3.29. The van der Waals surface area contributed by atoms with Gasteiger partial charge in [-0.3, -0.25) is 0 Å². The van der Waals surface area contributed by atoms with Crippen molar-refractivity contribution >= 4 is 23.8 Å². The van der Waals surface area contributed by atoms with Gasteiger partial charge in [0.05, 0.1) is 18.1 Å². The van der Waals surface area contributed by atoms with Gasteiger partial charge >= 0.3 is 0 Å². The van der Waals surface area contributed by atoms with E-state index >= 15 is 0 Å². The number of hydrogen-bond donors (Lipinski definition) is 1. The van der Waals surface area contributed by atoms with Crippen LogP contribution in [0.3, 0.4) is 0 Å². The standard InChI is InChI=1S/C20H15ClN4O/c21-16-8-6-14(7-9-16)18-13-23-20(22)25(18)24-12-17-10-11-19(26-17)15-4-2-1-3-5-15/h1-13H,(H2,22,23). The summed E-state index contributed by atoms with van der Waals surface area (Å²) in [6, 6.07) is 21.1. The zero-order chi connectivity index (χ0) is 17.9. The van der Waals surface area contributed by atoms with Gasteiger partial charge in [-0.2, -0.15) is 9.78 Å². The lowest BCUT2D eigenvalue weighted by Crippen LogP contribution is -1.99. The van der Waals surface area contributed by atoms with Crippen LogP contribution in [-0.2, 0) is 0 Å². The fourth-order valence-electron chi connectivity index (χ4n) is 2.59. The largest absolute Gasteiger partial charge is 0.455 e. The highest BCUT2D eigenvalue weighted by molar-refractivity contribution is 6.30. The number of rotatable bonds is 4. The van der Waals surface area contributed by atoms with Crippen LogP contribution in [0.25, 0.3) is 22.6 Å². The van der Waals surface area contributed by atoms with E-state index in [1.54, 1.807) is 17.1 Å². The lowest BCUT2D eigenvalue weighted by atomic mass is 10.2. The second-order valence-electron chi connectivity index (χ2n) is 5.63. The highest BCUT2D eigenvalue weighted by Gasteiger charge is 2.09. The number of anilines is 1. The molecule has 4 aromatic rings. The lowest BCUT2D eigenvalue weighted by molar-refractivity contribution is 0.574. The van der Waals surface area contributed by atoms with Crippen molar-refractivity contribution in [3.8, 4) is 22.6 Å². The topological polar surface area (TPSA) is 69.3 Å². The summed E-state index contributed by atoms with van der Waals surface area (Å²) in [5.74, 6) is 1.70. The third kappa shape index (κ3) is 3.25. The molecule has 5 nitrogen and oxygen atoms in total.